The van der Waals surface area contributed by atoms with Gasteiger partial charge in [-0.05, 0) is 26.0 Å². The van der Waals surface area contributed by atoms with E-state index in [1.807, 2.05) is 38.1 Å². The van der Waals surface area contributed by atoms with Gasteiger partial charge in [0.1, 0.15) is 5.82 Å². The van der Waals surface area contributed by atoms with E-state index in [2.05, 4.69) is 25.3 Å². The minimum Gasteiger partial charge on any atom is -0.363 e. The highest BCUT2D eigenvalue weighted by Crippen LogP contribution is 2.16. The summed E-state index contributed by atoms with van der Waals surface area (Å²) in [5.41, 5.74) is 4.46. The Morgan fingerprint density at radius 2 is 1.70 bits per heavy atom. The van der Waals surface area contributed by atoms with Crippen molar-refractivity contribution in [2.45, 2.75) is 20.4 Å². The highest BCUT2D eigenvalue weighted by molar-refractivity contribution is 5.76. The molecule has 2 aromatic heterocycles. The molecule has 0 unspecified atom stereocenters. The molecule has 5 nitrogen and oxygen atoms in total. The Balaban J connectivity index is 1.83. The number of hydrogen-bond donors (Lipinski definition) is 1. The highest BCUT2D eigenvalue weighted by atomic mass is 15.0. The van der Waals surface area contributed by atoms with Crippen LogP contribution in [0.25, 0.3) is 11.0 Å². The van der Waals surface area contributed by atoms with Crippen molar-refractivity contribution in [3.05, 3.63) is 53.7 Å². The standard InChI is InChI=1S/C15H15N5/c1-10-7-17-12(8-16-10)9-18-15-11(2)19-13-5-3-4-6-14(13)20-15/h3-8H,9H2,1-2H3,(H,18,20). The SMILES string of the molecule is Cc1cnc(CNc2nc3ccccc3nc2C)cn1. The van der Waals surface area contributed by atoms with Gasteiger partial charge in [0, 0.05) is 6.20 Å². The van der Waals surface area contributed by atoms with Crippen molar-refractivity contribution in [3.8, 4) is 0 Å². The molecule has 0 aliphatic rings. The topological polar surface area (TPSA) is 63.6 Å². The van der Waals surface area contributed by atoms with Crippen LogP contribution in [-0.2, 0) is 6.54 Å². The van der Waals surface area contributed by atoms with Crippen LogP contribution < -0.4 is 5.32 Å². The lowest BCUT2D eigenvalue weighted by Gasteiger charge is -2.08. The molecular formula is C15H15N5. The first kappa shape index (κ1) is 12.5. The Hall–Kier alpha value is -2.56. The van der Waals surface area contributed by atoms with Crippen LogP contribution in [0.5, 0.6) is 0 Å². The van der Waals surface area contributed by atoms with Crippen molar-refractivity contribution in [3.63, 3.8) is 0 Å². The summed E-state index contributed by atoms with van der Waals surface area (Å²) in [6.07, 6.45) is 3.53. The molecule has 0 bridgehead atoms. The minimum absolute atomic E-state index is 0.584. The third-order valence-electron chi connectivity index (χ3n) is 3.02. The van der Waals surface area contributed by atoms with Gasteiger partial charge in [0.2, 0.25) is 0 Å². The van der Waals surface area contributed by atoms with Crippen molar-refractivity contribution in [2.75, 3.05) is 5.32 Å². The van der Waals surface area contributed by atoms with Gasteiger partial charge in [-0.1, -0.05) is 12.1 Å². The van der Waals surface area contributed by atoms with Crippen LogP contribution in [0, 0.1) is 13.8 Å². The molecule has 1 N–H and O–H groups in total. The second kappa shape index (κ2) is 5.21. The molecule has 0 fully saturated rings. The maximum absolute atomic E-state index is 4.59. The molecule has 0 saturated carbocycles. The van der Waals surface area contributed by atoms with E-state index < -0.39 is 0 Å². The molecule has 3 rings (SSSR count). The minimum atomic E-state index is 0.584. The number of anilines is 1. The van der Waals surface area contributed by atoms with E-state index in [1.165, 1.54) is 0 Å². The van der Waals surface area contributed by atoms with Gasteiger partial charge in [0.05, 0.1) is 40.9 Å². The molecule has 0 aliphatic heterocycles. The third-order valence-corrected chi connectivity index (χ3v) is 3.02. The van der Waals surface area contributed by atoms with Crippen LogP contribution in [0.2, 0.25) is 0 Å². The van der Waals surface area contributed by atoms with Gasteiger partial charge in [0.15, 0.2) is 0 Å². The van der Waals surface area contributed by atoms with Crippen molar-refractivity contribution >= 4 is 16.9 Å². The largest absolute Gasteiger partial charge is 0.363 e. The Bertz CT molecular complexity index is 737. The maximum atomic E-state index is 4.59. The summed E-state index contributed by atoms with van der Waals surface area (Å²) < 4.78 is 0. The predicted molar refractivity (Wildman–Crippen MR) is 78.4 cm³/mol. The summed E-state index contributed by atoms with van der Waals surface area (Å²) in [4.78, 5) is 17.7. The van der Waals surface area contributed by atoms with E-state index in [4.69, 9.17) is 0 Å². The van der Waals surface area contributed by atoms with E-state index in [1.54, 1.807) is 12.4 Å². The van der Waals surface area contributed by atoms with Gasteiger partial charge in [-0.25, -0.2) is 9.97 Å². The summed E-state index contributed by atoms with van der Waals surface area (Å²) in [7, 11) is 0. The fourth-order valence-corrected chi connectivity index (χ4v) is 1.94. The van der Waals surface area contributed by atoms with Gasteiger partial charge in [-0.3, -0.25) is 9.97 Å². The zero-order chi connectivity index (χ0) is 13.9. The van der Waals surface area contributed by atoms with E-state index >= 15 is 0 Å². The number of rotatable bonds is 3. The quantitative estimate of drug-likeness (QED) is 0.788. The molecule has 0 spiro atoms. The summed E-state index contributed by atoms with van der Waals surface area (Å²) in [6.45, 7) is 4.45. The number of para-hydroxylation sites is 2. The zero-order valence-corrected chi connectivity index (χ0v) is 11.5. The average molecular weight is 265 g/mol. The summed E-state index contributed by atoms with van der Waals surface area (Å²) in [5, 5.41) is 3.26. The number of hydrogen-bond acceptors (Lipinski definition) is 5. The molecule has 0 saturated heterocycles. The van der Waals surface area contributed by atoms with E-state index in [0.717, 1.165) is 33.9 Å². The van der Waals surface area contributed by atoms with Crippen molar-refractivity contribution in [1.29, 1.82) is 0 Å². The van der Waals surface area contributed by atoms with Crippen LogP contribution in [-0.4, -0.2) is 19.9 Å². The lowest BCUT2D eigenvalue weighted by atomic mass is 10.3. The zero-order valence-electron chi connectivity index (χ0n) is 11.5. The number of aromatic nitrogens is 4. The Morgan fingerprint density at radius 3 is 2.40 bits per heavy atom. The second-order valence-corrected chi connectivity index (χ2v) is 4.65. The lowest BCUT2D eigenvalue weighted by Crippen LogP contribution is -2.06. The van der Waals surface area contributed by atoms with Gasteiger partial charge >= 0.3 is 0 Å². The van der Waals surface area contributed by atoms with Crippen LogP contribution in [0.1, 0.15) is 17.1 Å². The van der Waals surface area contributed by atoms with Gasteiger partial charge < -0.3 is 5.32 Å². The Labute approximate surface area is 117 Å². The molecule has 0 aliphatic carbocycles. The monoisotopic (exact) mass is 265 g/mol. The molecule has 3 aromatic rings. The number of fused-ring (bicyclic) bond motifs is 1. The van der Waals surface area contributed by atoms with Crippen LogP contribution >= 0.6 is 0 Å². The fourth-order valence-electron chi connectivity index (χ4n) is 1.94. The molecule has 0 radical (unpaired) electrons. The highest BCUT2D eigenvalue weighted by Gasteiger charge is 2.05. The molecule has 2 heterocycles. The first-order valence-electron chi connectivity index (χ1n) is 6.47. The third kappa shape index (κ3) is 2.56. The molecule has 0 atom stereocenters. The maximum Gasteiger partial charge on any atom is 0.148 e. The van der Waals surface area contributed by atoms with Crippen LogP contribution in [0.4, 0.5) is 5.82 Å². The normalized spacial score (nSPS) is 10.7. The first-order chi connectivity index (χ1) is 9.72. The van der Waals surface area contributed by atoms with Gasteiger partial charge in [0.25, 0.3) is 0 Å². The van der Waals surface area contributed by atoms with Gasteiger partial charge in [-0.2, -0.15) is 0 Å². The van der Waals surface area contributed by atoms with E-state index in [-0.39, 0.29) is 0 Å². The molecule has 100 valence electrons. The van der Waals surface area contributed by atoms with Gasteiger partial charge in [-0.15, -0.1) is 0 Å². The molecule has 20 heavy (non-hydrogen) atoms. The lowest BCUT2D eigenvalue weighted by molar-refractivity contribution is 0.971. The summed E-state index contributed by atoms with van der Waals surface area (Å²) >= 11 is 0. The Kier molecular flexibility index (Phi) is 3.25. The molecule has 0 amide bonds. The molecule has 5 heteroatoms. The van der Waals surface area contributed by atoms with Crippen molar-refractivity contribution in [2.24, 2.45) is 0 Å². The summed E-state index contributed by atoms with van der Waals surface area (Å²) in [6, 6.07) is 7.84. The Morgan fingerprint density at radius 1 is 0.950 bits per heavy atom. The number of nitrogens with one attached hydrogen (secondary N) is 1. The average Bonchev–Trinajstić information content (AvgIpc) is 2.47. The van der Waals surface area contributed by atoms with Crippen molar-refractivity contribution in [1.82, 2.24) is 19.9 Å². The number of benzene rings is 1. The van der Waals surface area contributed by atoms with E-state index in [9.17, 15) is 0 Å². The first-order valence-corrected chi connectivity index (χ1v) is 6.47. The fraction of sp³-hybridized carbons (Fsp3) is 0.200. The van der Waals surface area contributed by atoms with E-state index in [0.29, 0.717) is 6.54 Å². The van der Waals surface area contributed by atoms with Crippen molar-refractivity contribution < 1.29 is 0 Å². The number of aryl methyl sites for hydroxylation is 2. The summed E-state index contributed by atoms with van der Waals surface area (Å²) in [5.74, 6) is 0.783. The molecule has 1 aromatic carbocycles. The molecular weight excluding hydrogens is 250 g/mol. The predicted octanol–water partition coefficient (Wildman–Crippen LogP) is 2.65. The van der Waals surface area contributed by atoms with Crippen LogP contribution in [0.15, 0.2) is 36.7 Å². The smallest absolute Gasteiger partial charge is 0.148 e. The number of nitrogens with zero attached hydrogens (tertiary/aromatic N) is 4. The second-order valence-electron chi connectivity index (χ2n) is 4.65. The van der Waals surface area contributed by atoms with Crippen LogP contribution in [0.3, 0.4) is 0 Å².